The topological polar surface area (TPSA) is 67.9 Å². The number of anilines is 1. The van der Waals surface area contributed by atoms with Gasteiger partial charge in [-0.25, -0.2) is 9.69 Å². The zero-order chi connectivity index (χ0) is 18.7. The van der Waals surface area contributed by atoms with Crippen molar-refractivity contribution in [3.63, 3.8) is 0 Å². The van der Waals surface area contributed by atoms with E-state index in [0.717, 1.165) is 14.0 Å². The van der Waals surface area contributed by atoms with E-state index in [0.29, 0.717) is 23.8 Å². The average Bonchev–Trinajstić information content (AvgIpc) is 2.89. The van der Waals surface area contributed by atoms with Crippen molar-refractivity contribution in [2.24, 2.45) is 0 Å². The Balaban J connectivity index is 1.96. The molecule has 1 fully saturated rings. The Morgan fingerprint density at radius 1 is 1.19 bits per heavy atom. The van der Waals surface area contributed by atoms with Gasteiger partial charge in [-0.1, -0.05) is 18.2 Å². The molecule has 7 heteroatoms. The molecule has 2 aromatic rings. The lowest BCUT2D eigenvalue weighted by atomic mass is 10.1. The van der Waals surface area contributed by atoms with Crippen molar-refractivity contribution in [3.8, 4) is 11.5 Å². The second-order valence-electron chi connectivity index (χ2n) is 5.43. The van der Waals surface area contributed by atoms with E-state index in [2.05, 4.69) is 27.9 Å². The molecule has 0 unspecified atom stereocenters. The maximum Gasteiger partial charge on any atom is 0.333 e. The van der Waals surface area contributed by atoms with Gasteiger partial charge in [0.25, 0.3) is 5.91 Å². The monoisotopic (exact) mass is 464 g/mol. The molecule has 1 aliphatic rings. The van der Waals surface area contributed by atoms with E-state index < -0.39 is 11.9 Å². The number of hydrogen-bond acceptors (Lipinski definition) is 4. The molecule has 0 bridgehead atoms. The third-order valence-electron chi connectivity index (χ3n) is 3.74. The number of nitrogens with zero attached hydrogens (tertiary/aromatic N) is 1. The summed E-state index contributed by atoms with van der Waals surface area (Å²) in [6, 6.07) is 12.0. The van der Waals surface area contributed by atoms with E-state index in [1.54, 1.807) is 43.5 Å². The number of carbonyl (C=O) groups excluding carboxylic acids is 2. The van der Waals surface area contributed by atoms with Gasteiger partial charge in [-0.15, -0.1) is 0 Å². The normalized spacial score (nSPS) is 15.3. The van der Waals surface area contributed by atoms with Crippen molar-refractivity contribution in [1.29, 1.82) is 0 Å². The minimum Gasteiger partial charge on any atom is -0.492 e. The van der Waals surface area contributed by atoms with Crippen LogP contribution < -0.4 is 19.7 Å². The number of carbonyl (C=O) groups is 2. The zero-order valence-corrected chi connectivity index (χ0v) is 16.4. The van der Waals surface area contributed by atoms with Crippen molar-refractivity contribution >= 4 is 46.3 Å². The van der Waals surface area contributed by atoms with E-state index in [1.165, 1.54) is 0 Å². The summed E-state index contributed by atoms with van der Waals surface area (Å²) in [5.74, 6) is 0.831. The first-order valence-corrected chi connectivity index (χ1v) is 9.05. The smallest absolute Gasteiger partial charge is 0.333 e. The zero-order valence-electron chi connectivity index (χ0n) is 14.3. The fraction of sp³-hybridized carbons (Fsp3) is 0.158. The Morgan fingerprint density at radius 3 is 2.58 bits per heavy atom. The number of halogens is 1. The Bertz CT molecular complexity index is 881. The lowest BCUT2D eigenvalue weighted by molar-refractivity contribution is -0.113. The number of urea groups is 1. The van der Waals surface area contributed by atoms with Gasteiger partial charge in [0, 0.05) is 0 Å². The molecule has 0 atom stereocenters. The number of nitrogens with one attached hydrogen (secondary N) is 1. The summed E-state index contributed by atoms with van der Waals surface area (Å²) in [5.41, 5.74) is 1.47. The van der Waals surface area contributed by atoms with E-state index in [-0.39, 0.29) is 5.70 Å². The van der Waals surface area contributed by atoms with Gasteiger partial charge in [-0.05, 0) is 65.4 Å². The standard InChI is InChI=1S/C19H17IN2O4/c1-3-26-16-11-12(9-14(20)17(16)25-2)10-15-18(23)22(19(24)21-15)13-7-5-4-6-8-13/h4-11H,3H2,1-2H3,(H,21,24)/b15-10+. The van der Waals surface area contributed by atoms with Gasteiger partial charge in [0.2, 0.25) is 0 Å². The Hall–Kier alpha value is -2.55. The second-order valence-corrected chi connectivity index (χ2v) is 6.59. The molecule has 26 heavy (non-hydrogen) atoms. The summed E-state index contributed by atoms with van der Waals surface area (Å²) in [4.78, 5) is 26.0. The number of hydrogen-bond donors (Lipinski definition) is 1. The highest BCUT2D eigenvalue weighted by Gasteiger charge is 2.34. The van der Waals surface area contributed by atoms with E-state index >= 15 is 0 Å². The molecule has 0 aromatic heterocycles. The summed E-state index contributed by atoms with van der Waals surface area (Å²) in [6.07, 6.45) is 1.63. The second kappa shape index (κ2) is 7.77. The predicted molar refractivity (Wildman–Crippen MR) is 107 cm³/mol. The van der Waals surface area contributed by atoms with E-state index in [4.69, 9.17) is 9.47 Å². The molecule has 3 rings (SSSR count). The summed E-state index contributed by atoms with van der Waals surface area (Å²) in [6.45, 7) is 2.37. The first-order chi connectivity index (χ1) is 12.5. The average molecular weight is 464 g/mol. The summed E-state index contributed by atoms with van der Waals surface area (Å²) in [5, 5.41) is 2.62. The number of ether oxygens (including phenoxy) is 2. The highest BCUT2D eigenvalue weighted by Crippen LogP contribution is 2.34. The fourth-order valence-corrected chi connectivity index (χ4v) is 3.49. The van der Waals surface area contributed by atoms with Crippen LogP contribution in [0.25, 0.3) is 6.08 Å². The van der Waals surface area contributed by atoms with Crippen LogP contribution in [0.2, 0.25) is 0 Å². The molecule has 3 amide bonds. The molecule has 0 spiro atoms. The summed E-state index contributed by atoms with van der Waals surface area (Å²) < 4.78 is 11.8. The molecule has 6 nitrogen and oxygen atoms in total. The van der Waals surface area contributed by atoms with Crippen LogP contribution in [0.15, 0.2) is 48.2 Å². The molecule has 0 saturated carbocycles. The van der Waals surface area contributed by atoms with E-state index in [1.807, 2.05) is 19.1 Å². The highest BCUT2D eigenvalue weighted by atomic mass is 127. The van der Waals surface area contributed by atoms with Crippen LogP contribution in [0.4, 0.5) is 10.5 Å². The molecule has 0 radical (unpaired) electrons. The predicted octanol–water partition coefficient (Wildman–Crippen LogP) is 3.80. The SMILES string of the molecule is CCOc1cc(/C=C2/NC(=O)N(c3ccccc3)C2=O)cc(I)c1OC. The van der Waals surface area contributed by atoms with Gasteiger partial charge in [0.05, 0.1) is 23.0 Å². The van der Waals surface area contributed by atoms with Crippen LogP contribution >= 0.6 is 22.6 Å². The summed E-state index contributed by atoms with van der Waals surface area (Å²) >= 11 is 2.14. The maximum absolute atomic E-state index is 12.7. The fourth-order valence-electron chi connectivity index (χ4n) is 2.65. The molecule has 0 aliphatic carbocycles. The maximum atomic E-state index is 12.7. The first kappa shape index (κ1) is 18.2. The number of para-hydroxylation sites is 1. The third kappa shape index (κ3) is 3.52. The van der Waals surface area contributed by atoms with Gasteiger partial charge in [0.15, 0.2) is 11.5 Å². The van der Waals surface area contributed by atoms with Crippen LogP contribution in [0, 0.1) is 3.57 Å². The van der Waals surface area contributed by atoms with Gasteiger partial charge < -0.3 is 14.8 Å². The van der Waals surface area contributed by atoms with Gasteiger partial charge in [-0.3, -0.25) is 4.79 Å². The third-order valence-corrected chi connectivity index (χ3v) is 4.54. The number of rotatable bonds is 5. The Kier molecular flexibility index (Phi) is 5.46. The van der Waals surface area contributed by atoms with Crippen LogP contribution in [-0.4, -0.2) is 25.7 Å². The molecule has 134 valence electrons. The Morgan fingerprint density at radius 2 is 1.92 bits per heavy atom. The lowest BCUT2D eigenvalue weighted by Gasteiger charge is -2.12. The Labute approximate surface area is 164 Å². The van der Waals surface area contributed by atoms with Crippen LogP contribution in [0.5, 0.6) is 11.5 Å². The van der Waals surface area contributed by atoms with Gasteiger partial charge in [-0.2, -0.15) is 0 Å². The molecular formula is C19H17IN2O4. The van der Waals surface area contributed by atoms with Crippen LogP contribution in [-0.2, 0) is 4.79 Å². The minimum absolute atomic E-state index is 0.210. The van der Waals surface area contributed by atoms with Crippen molar-refractivity contribution in [3.05, 3.63) is 57.3 Å². The van der Waals surface area contributed by atoms with E-state index in [9.17, 15) is 9.59 Å². The van der Waals surface area contributed by atoms with Crippen molar-refractivity contribution < 1.29 is 19.1 Å². The molecular weight excluding hydrogens is 447 g/mol. The number of benzene rings is 2. The minimum atomic E-state index is -0.472. The number of amides is 3. The molecule has 1 N–H and O–H groups in total. The highest BCUT2D eigenvalue weighted by molar-refractivity contribution is 14.1. The molecule has 1 aliphatic heterocycles. The van der Waals surface area contributed by atoms with Crippen molar-refractivity contribution in [2.45, 2.75) is 6.92 Å². The quantitative estimate of drug-likeness (QED) is 0.416. The van der Waals surface area contributed by atoms with Crippen LogP contribution in [0.1, 0.15) is 12.5 Å². The number of methoxy groups -OCH3 is 1. The van der Waals surface area contributed by atoms with Crippen LogP contribution in [0.3, 0.4) is 0 Å². The largest absolute Gasteiger partial charge is 0.492 e. The van der Waals surface area contributed by atoms with Crippen molar-refractivity contribution in [2.75, 3.05) is 18.6 Å². The van der Waals surface area contributed by atoms with Gasteiger partial charge in [0.1, 0.15) is 5.70 Å². The first-order valence-electron chi connectivity index (χ1n) is 7.97. The van der Waals surface area contributed by atoms with Gasteiger partial charge >= 0.3 is 6.03 Å². The molecule has 2 aromatic carbocycles. The number of imide groups is 1. The van der Waals surface area contributed by atoms with Crippen molar-refractivity contribution in [1.82, 2.24) is 5.32 Å². The molecule has 1 saturated heterocycles. The summed E-state index contributed by atoms with van der Waals surface area (Å²) in [7, 11) is 1.58. The lowest BCUT2D eigenvalue weighted by Crippen LogP contribution is -2.30. The molecule has 1 heterocycles.